The van der Waals surface area contributed by atoms with Crippen LogP contribution in [0.4, 0.5) is 10.2 Å². The maximum Gasteiger partial charge on any atom is 0.255 e. The molecule has 0 radical (unpaired) electrons. The quantitative estimate of drug-likeness (QED) is 0.847. The Bertz CT molecular complexity index is 464. The Balaban J connectivity index is 2.00. The Kier molecular flexibility index (Phi) is 5.64. The number of rotatable bonds is 6. The lowest BCUT2D eigenvalue weighted by molar-refractivity contribution is 0.0953. The molecule has 1 amide bonds. The molecular formula is C14H20FN3OS. The minimum Gasteiger partial charge on any atom is -0.369 e. The molecule has 0 spiro atoms. The highest BCUT2D eigenvalue weighted by atomic mass is 32.2. The van der Waals surface area contributed by atoms with Crippen LogP contribution in [-0.2, 0) is 0 Å². The highest BCUT2D eigenvalue weighted by molar-refractivity contribution is 8.00. The van der Waals surface area contributed by atoms with Crippen LogP contribution in [0.2, 0.25) is 0 Å². The number of nitrogens with zero attached hydrogens (tertiary/aromatic N) is 1. The number of carbonyl (C=O) groups is 1. The van der Waals surface area contributed by atoms with Gasteiger partial charge in [-0.1, -0.05) is 6.92 Å². The Morgan fingerprint density at radius 2 is 2.45 bits per heavy atom. The predicted molar refractivity (Wildman–Crippen MR) is 80.8 cm³/mol. The van der Waals surface area contributed by atoms with E-state index >= 15 is 0 Å². The van der Waals surface area contributed by atoms with E-state index in [1.54, 1.807) is 0 Å². The van der Waals surface area contributed by atoms with Crippen LogP contribution in [-0.4, -0.2) is 35.0 Å². The van der Waals surface area contributed by atoms with Gasteiger partial charge in [-0.2, -0.15) is 11.8 Å². The molecule has 1 fully saturated rings. The van der Waals surface area contributed by atoms with Gasteiger partial charge in [0.2, 0.25) is 0 Å². The zero-order chi connectivity index (χ0) is 14.4. The lowest BCUT2D eigenvalue weighted by Crippen LogP contribution is -2.30. The van der Waals surface area contributed by atoms with E-state index in [4.69, 9.17) is 0 Å². The molecule has 0 saturated carbocycles. The SMILES string of the molecule is CCCNc1ncc(F)cc1C(=O)NCC1CCCS1. The molecule has 0 bridgehead atoms. The monoisotopic (exact) mass is 297 g/mol. The lowest BCUT2D eigenvalue weighted by atomic mass is 10.2. The zero-order valence-electron chi connectivity index (χ0n) is 11.6. The van der Waals surface area contributed by atoms with Gasteiger partial charge in [0, 0.05) is 18.3 Å². The molecule has 1 atom stereocenters. The van der Waals surface area contributed by atoms with Crippen LogP contribution in [0, 0.1) is 5.82 Å². The van der Waals surface area contributed by atoms with Crippen LogP contribution < -0.4 is 10.6 Å². The number of nitrogens with one attached hydrogen (secondary N) is 2. The van der Waals surface area contributed by atoms with Gasteiger partial charge in [-0.15, -0.1) is 0 Å². The minimum absolute atomic E-state index is 0.261. The van der Waals surface area contributed by atoms with Crippen molar-refractivity contribution < 1.29 is 9.18 Å². The fourth-order valence-corrected chi connectivity index (χ4v) is 3.30. The molecule has 2 rings (SSSR count). The topological polar surface area (TPSA) is 54.0 Å². The van der Waals surface area contributed by atoms with Crippen molar-refractivity contribution in [1.82, 2.24) is 10.3 Å². The van der Waals surface area contributed by atoms with Crippen molar-refractivity contribution in [3.63, 3.8) is 0 Å². The van der Waals surface area contributed by atoms with Crippen LogP contribution in [0.1, 0.15) is 36.5 Å². The third-order valence-corrected chi connectivity index (χ3v) is 4.55. The molecule has 1 aromatic heterocycles. The summed E-state index contributed by atoms with van der Waals surface area (Å²) >= 11 is 1.88. The van der Waals surface area contributed by atoms with Crippen molar-refractivity contribution in [3.8, 4) is 0 Å². The van der Waals surface area contributed by atoms with Gasteiger partial charge in [-0.25, -0.2) is 9.37 Å². The Hall–Kier alpha value is -1.30. The van der Waals surface area contributed by atoms with Crippen molar-refractivity contribution in [1.29, 1.82) is 0 Å². The van der Waals surface area contributed by atoms with Gasteiger partial charge in [0.1, 0.15) is 11.6 Å². The smallest absolute Gasteiger partial charge is 0.255 e. The number of thioether (sulfide) groups is 1. The first-order valence-electron chi connectivity index (χ1n) is 7.00. The van der Waals surface area contributed by atoms with Gasteiger partial charge in [0.25, 0.3) is 5.91 Å². The van der Waals surface area contributed by atoms with Gasteiger partial charge >= 0.3 is 0 Å². The summed E-state index contributed by atoms with van der Waals surface area (Å²) in [5.74, 6) is 0.853. The first-order valence-corrected chi connectivity index (χ1v) is 8.04. The van der Waals surface area contributed by atoms with Crippen LogP contribution in [0.15, 0.2) is 12.3 Å². The van der Waals surface area contributed by atoms with Crippen molar-refractivity contribution in [2.45, 2.75) is 31.4 Å². The highest BCUT2D eigenvalue weighted by Gasteiger charge is 2.18. The molecule has 6 heteroatoms. The van der Waals surface area contributed by atoms with E-state index in [0.717, 1.165) is 24.8 Å². The molecule has 0 aliphatic carbocycles. The number of amides is 1. The fourth-order valence-electron chi connectivity index (χ4n) is 2.10. The summed E-state index contributed by atoms with van der Waals surface area (Å²) in [4.78, 5) is 16.1. The van der Waals surface area contributed by atoms with E-state index in [1.807, 2.05) is 18.7 Å². The van der Waals surface area contributed by atoms with Gasteiger partial charge in [-0.05, 0) is 31.1 Å². The Morgan fingerprint density at radius 1 is 1.60 bits per heavy atom. The average molecular weight is 297 g/mol. The van der Waals surface area contributed by atoms with Crippen LogP contribution in [0.5, 0.6) is 0 Å². The average Bonchev–Trinajstić information content (AvgIpc) is 2.96. The number of anilines is 1. The summed E-state index contributed by atoms with van der Waals surface area (Å²) < 4.78 is 13.3. The first kappa shape index (κ1) is 15.1. The zero-order valence-corrected chi connectivity index (χ0v) is 12.4. The molecule has 1 aromatic rings. The van der Waals surface area contributed by atoms with Crippen molar-refractivity contribution in [3.05, 3.63) is 23.6 Å². The summed E-state index contributed by atoms with van der Waals surface area (Å²) in [5, 5.41) is 6.41. The van der Waals surface area contributed by atoms with E-state index in [-0.39, 0.29) is 11.5 Å². The molecule has 110 valence electrons. The van der Waals surface area contributed by atoms with Gasteiger partial charge in [-0.3, -0.25) is 4.79 Å². The van der Waals surface area contributed by atoms with Crippen molar-refractivity contribution >= 4 is 23.5 Å². The number of carbonyl (C=O) groups excluding carboxylic acids is 1. The Labute approximate surface area is 122 Å². The predicted octanol–water partition coefficient (Wildman–Crippen LogP) is 2.67. The van der Waals surface area contributed by atoms with Crippen LogP contribution in [0.3, 0.4) is 0 Å². The van der Waals surface area contributed by atoms with E-state index in [9.17, 15) is 9.18 Å². The number of hydrogen-bond donors (Lipinski definition) is 2. The molecule has 2 N–H and O–H groups in total. The van der Waals surface area contributed by atoms with Crippen LogP contribution in [0.25, 0.3) is 0 Å². The molecule has 1 aliphatic heterocycles. The van der Waals surface area contributed by atoms with E-state index in [2.05, 4.69) is 15.6 Å². The normalized spacial score (nSPS) is 18.0. The summed E-state index contributed by atoms with van der Waals surface area (Å²) in [6.45, 7) is 3.36. The van der Waals surface area contributed by atoms with Gasteiger partial charge in [0.15, 0.2) is 0 Å². The van der Waals surface area contributed by atoms with E-state index in [1.165, 1.54) is 12.5 Å². The second-order valence-electron chi connectivity index (χ2n) is 4.82. The number of aromatic nitrogens is 1. The Morgan fingerprint density at radius 3 is 3.15 bits per heavy atom. The molecule has 4 nitrogen and oxygen atoms in total. The number of pyridine rings is 1. The standard InChI is InChI=1S/C14H20FN3OS/c1-2-5-16-13-12(7-10(15)8-17-13)14(19)18-9-11-4-3-6-20-11/h7-8,11H,2-6,9H2,1H3,(H,16,17)(H,18,19). The summed E-state index contributed by atoms with van der Waals surface area (Å²) in [7, 11) is 0. The minimum atomic E-state index is -0.493. The third kappa shape index (κ3) is 4.10. The van der Waals surface area contributed by atoms with Crippen molar-refractivity contribution in [2.75, 3.05) is 24.2 Å². The second-order valence-corrected chi connectivity index (χ2v) is 6.23. The fraction of sp³-hybridized carbons (Fsp3) is 0.571. The van der Waals surface area contributed by atoms with Gasteiger partial charge in [0.05, 0.1) is 11.8 Å². The van der Waals surface area contributed by atoms with Crippen molar-refractivity contribution in [2.24, 2.45) is 0 Å². The maximum atomic E-state index is 13.3. The van der Waals surface area contributed by atoms with E-state index in [0.29, 0.717) is 24.2 Å². The van der Waals surface area contributed by atoms with E-state index < -0.39 is 5.82 Å². The highest BCUT2D eigenvalue weighted by Crippen LogP contribution is 2.25. The molecular weight excluding hydrogens is 277 g/mol. The largest absolute Gasteiger partial charge is 0.369 e. The van der Waals surface area contributed by atoms with Crippen LogP contribution >= 0.6 is 11.8 Å². The molecule has 1 saturated heterocycles. The molecule has 1 unspecified atom stereocenters. The summed E-state index contributed by atoms with van der Waals surface area (Å²) in [6, 6.07) is 1.24. The van der Waals surface area contributed by atoms with Gasteiger partial charge < -0.3 is 10.6 Å². The molecule has 0 aromatic carbocycles. The summed E-state index contributed by atoms with van der Waals surface area (Å²) in [6.07, 6.45) is 4.38. The number of hydrogen-bond acceptors (Lipinski definition) is 4. The third-order valence-electron chi connectivity index (χ3n) is 3.16. The molecule has 20 heavy (non-hydrogen) atoms. The number of halogens is 1. The second kappa shape index (κ2) is 7.47. The lowest BCUT2D eigenvalue weighted by Gasteiger charge is -2.13. The molecule has 2 heterocycles. The first-order chi connectivity index (χ1) is 9.70. The summed E-state index contributed by atoms with van der Waals surface area (Å²) in [5.41, 5.74) is 0.279. The molecule has 1 aliphatic rings. The maximum absolute atomic E-state index is 13.3.